The molecule has 0 heterocycles. The van der Waals surface area contributed by atoms with Crippen LogP contribution in [-0.2, 0) is 0 Å². The van der Waals surface area contributed by atoms with Crippen LogP contribution in [0.1, 0.15) is 0 Å². The average Bonchev–Trinajstić information content (AvgIpc) is 2.12. The first-order chi connectivity index (χ1) is 5.54. The second-order valence-electron chi connectivity index (χ2n) is 2.53. The summed E-state index contributed by atoms with van der Waals surface area (Å²) in [6, 6.07) is 0. The van der Waals surface area contributed by atoms with Crippen LogP contribution < -0.4 is 5.73 Å². The summed E-state index contributed by atoms with van der Waals surface area (Å²) in [7, 11) is 0. The maximum atomic E-state index is 9.04. The lowest BCUT2D eigenvalue weighted by Gasteiger charge is -2.24. The van der Waals surface area contributed by atoms with E-state index in [0.29, 0.717) is 0 Å². The monoisotopic (exact) mass is 181 g/mol. The molecule has 0 unspecified atom stereocenters. The highest BCUT2D eigenvalue weighted by Gasteiger charge is 2.28. The topological polar surface area (TPSA) is 127 Å². The summed E-state index contributed by atoms with van der Waals surface area (Å²) >= 11 is 0. The van der Waals surface area contributed by atoms with Crippen molar-refractivity contribution < 1.29 is 25.5 Å². The molecule has 0 aliphatic heterocycles. The molecule has 0 saturated heterocycles. The first-order valence-corrected chi connectivity index (χ1v) is 3.57. The van der Waals surface area contributed by atoms with Crippen LogP contribution in [0, 0.1) is 0 Å². The first-order valence-electron chi connectivity index (χ1n) is 3.57. The van der Waals surface area contributed by atoms with Gasteiger partial charge in [-0.2, -0.15) is 0 Å². The highest BCUT2D eigenvalue weighted by Crippen LogP contribution is 2.03. The zero-order valence-electron chi connectivity index (χ0n) is 6.54. The molecule has 0 amide bonds. The fourth-order valence-electron chi connectivity index (χ4n) is 0.703. The van der Waals surface area contributed by atoms with Crippen LogP contribution in [0.15, 0.2) is 0 Å². The number of aliphatic hydroxyl groups excluding tert-OH is 5. The Morgan fingerprint density at radius 1 is 0.917 bits per heavy atom. The molecule has 12 heavy (non-hydrogen) atoms. The van der Waals surface area contributed by atoms with Gasteiger partial charge < -0.3 is 31.3 Å². The largest absolute Gasteiger partial charge is 0.394 e. The molecule has 74 valence electrons. The van der Waals surface area contributed by atoms with Crippen LogP contribution in [-0.4, -0.2) is 63.1 Å². The number of aliphatic hydroxyl groups is 5. The van der Waals surface area contributed by atoms with E-state index in [9.17, 15) is 0 Å². The molecule has 0 aliphatic carbocycles. The molecular formula is C6H15NO5. The molecule has 7 N–H and O–H groups in total. The Kier molecular flexibility index (Phi) is 5.31. The average molecular weight is 181 g/mol. The molecule has 0 aromatic carbocycles. The number of hydrogen-bond donors (Lipinski definition) is 6. The summed E-state index contributed by atoms with van der Waals surface area (Å²) in [4.78, 5) is 0. The summed E-state index contributed by atoms with van der Waals surface area (Å²) in [5, 5.41) is 44.2. The van der Waals surface area contributed by atoms with Crippen molar-refractivity contribution in [3.63, 3.8) is 0 Å². The Labute approximate surface area is 69.9 Å². The molecule has 0 fully saturated rings. The summed E-state index contributed by atoms with van der Waals surface area (Å²) in [5.74, 6) is 0. The highest BCUT2D eigenvalue weighted by atomic mass is 16.4. The zero-order chi connectivity index (χ0) is 9.72. The molecule has 0 radical (unpaired) electrons. The van der Waals surface area contributed by atoms with Crippen molar-refractivity contribution >= 4 is 0 Å². The van der Waals surface area contributed by atoms with Gasteiger partial charge in [0.1, 0.15) is 18.3 Å². The Morgan fingerprint density at radius 3 is 1.67 bits per heavy atom. The molecule has 0 saturated carbocycles. The molecule has 0 aromatic heterocycles. The third-order valence-electron chi connectivity index (χ3n) is 1.57. The quantitative estimate of drug-likeness (QED) is 0.260. The van der Waals surface area contributed by atoms with Gasteiger partial charge >= 0.3 is 0 Å². The van der Waals surface area contributed by atoms with Gasteiger partial charge in [0.25, 0.3) is 0 Å². The summed E-state index contributed by atoms with van der Waals surface area (Å²) in [6.45, 7) is -0.911. The predicted molar refractivity (Wildman–Crippen MR) is 40.2 cm³/mol. The maximum Gasteiger partial charge on any atom is 0.111 e. The van der Waals surface area contributed by atoms with Gasteiger partial charge in [0, 0.05) is 6.54 Å². The lowest BCUT2D eigenvalue weighted by Crippen LogP contribution is -2.48. The van der Waals surface area contributed by atoms with Gasteiger partial charge in [-0.1, -0.05) is 0 Å². The van der Waals surface area contributed by atoms with Crippen molar-refractivity contribution in [2.24, 2.45) is 5.73 Å². The van der Waals surface area contributed by atoms with Crippen LogP contribution in [0.2, 0.25) is 0 Å². The van der Waals surface area contributed by atoms with E-state index >= 15 is 0 Å². The fraction of sp³-hybridized carbons (Fsp3) is 1.00. The predicted octanol–water partition coefficient (Wildman–Crippen LogP) is -3.62. The number of nitrogens with two attached hydrogens (primary N) is 1. The van der Waals surface area contributed by atoms with Crippen LogP contribution in [0.3, 0.4) is 0 Å². The second-order valence-corrected chi connectivity index (χ2v) is 2.53. The Hall–Kier alpha value is -0.240. The van der Waals surface area contributed by atoms with Gasteiger partial charge in [-0.15, -0.1) is 0 Å². The van der Waals surface area contributed by atoms with Crippen LogP contribution in [0.4, 0.5) is 0 Å². The van der Waals surface area contributed by atoms with E-state index in [1.807, 2.05) is 0 Å². The summed E-state index contributed by atoms with van der Waals surface area (Å²) < 4.78 is 0. The van der Waals surface area contributed by atoms with Gasteiger partial charge in [-0.05, 0) is 0 Å². The smallest absolute Gasteiger partial charge is 0.111 e. The van der Waals surface area contributed by atoms with Crippen molar-refractivity contribution in [1.29, 1.82) is 0 Å². The number of rotatable bonds is 5. The summed E-state index contributed by atoms with van der Waals surface area (Å²) in [6.07, 6.45) is -5.91. The summed E-state index contributed by atoms with van der Waals surface area (Å²) in [5.41, 5.74) is 4.99. The van der Waals surface area contributed by atoms with E-state index in [1.54, 1.807) is 0 Å². The van der Waals surface area contributed by atoms with E-state index in [1.165, 1.54) is 0 Å². The van der Waals surface area contributed by atoms with Crippen molar-refractivity contribution in [3.8, 4) is 0 Å². The maximum absolute atomic E-state index is 9.04. The minimum absolute atomic E-state index is 0.226. The molecule has 0 bridgehead atoms. The molecule has 0 aromatic rings. The van der Waals surface area contributed by atoms with Crippen LogP contribution in [0.5, 0.6) is 0 Å². The third kappa shape index (κ3) is 3.02. The lowest BCUT2D eigenvalue weighted by atomic mass is 10.0. The minimum atomic E-state index is -1.59. The Balaban J connectivity index is 3.99. The van der Waals surface area contributed by atoms with Gasteiger partial charge in [-0.25, -0.2) is 0 Å². The van der Waals surface area contributed by atoms with E-state index in [2.05, 4.69) is 0 Å². The standard InChI is InChI=1S/C6H15NO5/c7-1-3(9)5(11)6(12)4(10)2-8/h3-6,8-12H,1-2,7H2/t3-,4+,5+,6+/m1/s1. The Morgan fingerprint density at radius 2 is 1.33 bits per heavy atom. The minimum Gasteiger partial charge on any atom is -0.394 e. The van der Waals surface area contributed by atoms with Gasteiger partial charge in [-0.3, -0.25) is 0 Å². The molecule has 6 nitrogen and oxygen atoms in total. The van der Waals surface area contributed by atoms with E-state index in [4.69, 9.17) is 31.3 Å². The molecule has 0 spiro atoms. The van der Waals surface area contributed by atoms with Crippen molar-refractivity contribution in [3.05, 3.63) is 0 Å². The SMILES string of the molecule is NC[C@@H](O)[C@H](O)[C@@H](O)[C@@H](O)CO. The Bertz CT molecular complexity index is 109. The fourth-order valence-corrected chi connectivity index (χ4v) is 0.703. The van der Waals surface area contributed by atoms with E-state index in [-0.39, 0.29) is 6.54 Å². The van der Waals surface area contributed by atoms with Crippen molar-refractivity contribution in [2.75, 3.05) is 13.2 Å². The van der Waals surface area contributed by atoms with E-state index in [0.717, 1.165) is 0 Å². The van der Waals surface area contributed by atoms with E-state index < -0.39 is 31.0 Å². The van der Waals surface area contributed by atoms with Gasteiger partial charge in [0.2, 0.25) is 0 Å². The lowest BCUT2D eigenvalue weighted by molar-refractivity contribution is -0.112. The van der Waals surface area contributed by atoms with Crippen molar-refractivity contribution in [2.45, 2.75) is 24.4 Å². The molecule has 4 atom stereocenters. The van der Waals surface area contributed by atoms with Crippen molar-refractivity contribution in [1.82, 2.24) is 0 Å². The van der Waals surface area contributed by atoms with Gasteiger partial charge in [0.15, 0.2) is 0 Å². The van der Waals surface area contributed by atoms with Crippen LogP contribution in [0.25, 0.3) is 0 Å². The highest BCUT2D eigenvalue weighted by molar-refractivity contribution is 4.80. The zero-order valence-corrected chi connectivity index (χ0v) is 6.54. The normalized spacial score (nSPS) is 21.5. The molecular weight excluding hydrogens is 166 g/mol. The van der Waals surface area contributed by atoms with Crippen LogP contribution >= 0.6 is 0 Å². The van der Waals surface area contributed by atoms with Gasteiger partial charge in [0.05, 0.1) is 12.7 Å². The first kappa shape index (κ1) is 11.8. The third-order valence-corrected chi connectivity index (χ3v) is 1.57. The second kappa shape index (κ2) is 5.41. The number of hydrogen-bond acceptors (Lipinski definition) is 6. The molecule has 6 heteroatoms. The molecule has 0 rings (SSSR count). The molecule has 0 aliphatic rings.